The van der Waals surface area contributed by atoms with E-state index >= 15 is 0 Å². The first kappa shape index (κ1) is 15.6. The van der Waals surface area contributed by atoms with Crippen LogP contribution in [0.15, 0.2) is 57.2 Å². The molecule has 0 saturated heterocycles. The van der Waals surface area contributed by atoms with Gasteiger partial charge >= 0.3 is 0 Å². The van der Waals surface area contributed by atoms with Gasteiger partial charge in [0.1, 0.15) is 5.69 Å². The highest BCUT2D eigenvalue weighted by atomic mass is 35.5. The Kier molecular flexibility index (Phi) is 3.85. The average Bonchev–Trinajstić information content (AvgIpc) is 3.23. The van der Waals surface area contributed by atoms with Crippen molar-refractivity contribution in [3.8, 4) is 0 Å². The van der Waals surface area contributed by atoms with Gasteiger partial charge in [0.2, 0.25) is 5.78 Å². The molecule has 0 aliphatic carbocycles. The molecule has 124 valence electrons. The van der Waals surface area contributed by atoms with Crippen molar-refractivity contribution in [2.24, 2.45) is 20.7 Å². The Morgan fingerprint density at radius 3 is 2.72 bits per heavy atom. The van der Waals surface area contributed by atoms with Gasteiger partial charge in [-0.2, -0.15) is 0 Å². The first-order valence-electron chi connectivity index (χ1n) is 7.69. The monoisotopic (exact) mass is 352 g/mol. The Morgan fingerprint density at radius 2 is 2.00 bits per heavy atom. The molecule has 8 heteroatoms. The van der Waals surface area contributed by atoms with Crippen LogP contribution < -0.4 is 0 Å². The van der Waals surface area contributed by atoms with Crippen molar-refractivity contribution in [2.75, 3.05) is 0 Å². The standard InChI is InChI=1S/C17H13ClN6O/c1-9-2-5-13(19-8-9)17(25)16-12(7-15-21-23-24-22-15)11-4-3-10(18)6-14(11)20-16/h2-6,8,15,20H,7H2,1H3. The lowest BCUT2D eigenvalue weighted by Gasteiger charge is -2.05. The second-order valence-electron chi connectivity index (χ2n) is 5.81. The third-order valence-electron chi connectivity index (χ3n) is 4.04. The fraction of sp³-hybridized carbons (Fsp3) is 0.176. The molecule has 25 heavy (non-hydrogen) atoms. The maximum Gasteiger partial charge on any atom is 0.227 e. The van der Waals surface area contributed by atoms with Gasteiger partial charge in [0.15, 0.2) is 6.17 Å². The van der Waals surface area contributed by atoms with E-state index in [0.29, 0.717) is 22.8 Å². The lowest BCUT2D eigenvalue weighted by molar-refractivity contribution is 0.102. The Hall–Kier alpha value is -2.93. The highest BCUT2D eigenvalue weighted by Crippen LogP contribution is 2.29. The summed E-state index contributed by atoms with van der Waals surface area (Å²) >= 11 is 6.08. The van der Waals surface area contributed by atoms with E-state index in [1.54, 1.807) is 24.4 Å². The number of aromatic nitrogens is 2. The van der Waals surface area contributed by atoms with Crippen molar-refractivity contribution in [2.45, 2.75) is 19.5 Å². The third-order valence-corrected chi connectivity index (χ3v) is 4.27. The van der Waals surface area contributed by atoms with Crippen LogP contribution in [0, 0.1) is 6.92 Å². The van der Waals surface area contributed by atoms with Crippen LogP contribution in [0.5, 0.6) is 0 Å². The normalized spacial score (nSPS) is 13.8. The van der Waals surface area contributed by atoms with Crippen molar-refractivity contribution >= 4 is 28.3 Å². The fourth-order valence-electron chi connectivity index (χ4n) is 2.82. The van der Waals surface area contributed by atoms with Gasteiger partial charge < -0.3 is 4.98 Å². The highest BCUT2D eigenvalue weighted by Gasteiger charge is 2.23. The molecule has 1 aromatic carbocycles. The number of H-pyrrole nitrogens is 1. The van der Waals surface area contributed by atoms with E-state index in [1.807, 2.05) is 19.1 Å². The van der Waals surface area contributed by atoms with E-state index in [9.17, 15) is 4.79 Å². The number of hydrogen-bond acceptors (Lipinski definition) is 6. The number of rotatable bonds is 4. The highest BCUT2D eigenvalue weighted by molar-refractivity contribution is 6.31. The summed E-state index contributed by atoms with van der Waals surface area (Å²) in [7, 11) is 0. The van der Waals surface area contributed by atoms with Crippen LogP contribution in [0.3, 0.4) is 0 Å². The summed E-state index contributed by atoms with van der Waals surface area (Å²) in [5.74, 6) is -0.186. The summed E-state index contributed by atoms with van der Waals surface area (Å²) in [5, 5.41) is 16.5. The Balaban J connectivity index is 1.83. The molecule has 4 rings (SSSR count). The van der Waals surface area contributed by atoms with Crippen LogP contribution in [0.1, 0.15) is 27.3 Å². The van der Waals surface area contributed by atoms with Gasteiger partial charge in [-0.1, -0.05) is 23.7 Å². The topological polar surface area (TPSA) is 95.2 Å². The molecule has 0 radical (unpaired) electrons. The number of nitrogens with one attached hydrogen (secondary N) is 1. The lowest BCUT2D eigenvalue weighted by atomic mass is 10.0. The number of aromatic amines is 1. The number of pyridine rings is 1. The minimum absolute atomic E-state index is 0.186. The summed E-state index contributed by atoms with van der Waals surface area (Å²) in [6.45, 7) is 1.92. The number of halogens is 1. The molecule has 0 fully saturated rings. The Bertz CT molecular complexity index is 1010. The van der Waals surface area contributed by atoms with E-state index in [4.69, 9.17) is 11.6 Å². The van der Waals surface area contributed by atoms with Crippen LogP contribution in [-0.2, 0) is 6.42 Å². The summed E-state index contributed by atoms with van der Waals surface area (Å²) < 4.78 is 0. The van der Waals surface area contributed by atoms with Gasteiger partial charge in [0, 0.05) is 28.5 Å². The largest absolute Gasteiger partial charge is 0.351 e. The molecule has 3 heterocycles. The molecule has 2 aromatic heterocycles. The van der Waals surface area contributed by atoms with Crippen LogP contribution >= 0.6 is 11.6 Å². The zero-order chi connectivity index (χ0) is 17.4. The number of nitrogens with zero attached hydrogens (tertiary/aromatic N) is 5. The zero-order valence-corrected chi connectivity index (χ0v) is 14.0. The van der Waals surface area contributed by atoms with Crippen molar-refractivity contribution in [3.05, 3.63) is 64.1 Å². The predicted octanol–water partition coefficient (Wildman–Crippen LogP) is 4.46. The summed E-state index contributed by atoms with van der Waals surface area (Å²) in [4.78, 5) is 20.4. The van der Waals surface area contributed by atoms with Gasteiger partial charge in [-0.25, -0.2) is 0 Å². The van der Waals surface area contributed by atoms with Crippen molar-refractivity contribution in [1.29, 1.82) is 0 Å². The number of benzene rings is 1. The molecule has 0 amide bonds. The molecule has 1 N–H and O–H groups in total. The van der Waals surface area contributed by atoms with Crippen LogP contribution in [0.4, 0.5) is 0 Å². The number of aryl methyl sites for hydroxylation is 1. The van der Waals surface area contributed by atoms with Crippen LogP contribution in [0.25, 0.3) is 10.9 Å². The average molecular weight is 353 g/mol. The fourth-order valence-corrected chi connectivity index (χ4v) is 2.99. The first-order chi connectivity index (χ1) is 12.1. The quantitative estimate of drug-likeness (QED) is 0.701. The van der Waals surface area contributed by atoms with Crippen molar-refractivity contribution in [3.63, 3.8) is 0 Å². The second kappa shape index (κ2) is 6.18. The predicted molar refractivity (Wildman–Crippen MR) is 92.9 cm³/mol. The van der Waals surface area contributed by atoms with E-state index < -0.39 is 6.17 Å². The smallest absolute Gasteiger partial charge is 0.227 e. The van der Waals surface area contributed by atoms with Gasteiger partial charge in [0.25, 0.3) is 0 Å². The van der Waals surface area contributed by atoms with E-state index in [2.05, 4.69) is 30.6 Å². The minimum Gasteiger partial charge on any atom is -0.351 e. The molecular formula is C17H13ClN6O. The van der Waals surface area contributed by atoms with Crippen molar-refractivity contribution in [1.82, 2.24) is 9.97 Å². The van der Waals surface area contributed by atoms with Crippen molar-refractivity contribution < 1.29 is 4.79 Å². The molecule has 0 spiro atoms. The third kappa shape index (κ3) is 2.94. The molecule has 1 aliphatic heterocycles. The molecule has 0 atom stereocenters. The second-order valence-corrected chi connectivity index (χ2v) is 6.25. The van der Waals surface area contributed by atoms with Gasteiger partial charge in [0.05, 0.1) is 5.69 Å². The van der Waals surface area contributed by atoms with Gasteiger partial charge in [-0.05, 0) is 46.7 Å². The Labute approximate surface area is 147 Å². The molecule has 7 nitrogen and oxygen atoms in total. The SMILES string of the molecule is Cc1ccc(C(=O)c2[nH]c3cc(Cl)ccc3c2CC2N=NN=N2)nc1. The molecule has 0 unspecified atom stereocenters. The Morgan fingerprint density at radius 1 is 1.20 bits per heavy atom. The number of ketones is 1. The summed E-state index contributed by atoms with van der Waals surface area (Å²) in [6, 6.07) is 9.04. The van der Waals surface area contributed by atoms with Gasteiger partial charge in [-0.3, -0.25) is 9.78 Å². The number of carbonyl (C=O) groups is 1. The lowest BCUT2D eigenvalue weighted by Crippen LogP contribution is -2.10. The summed E-state index contributed by atoms with van der Waals surface area (Å²) in [5.41, 5.74) is 3.42. The number of hydrogen-bond donors (Lipinski definition) is 1. The maximum atomic E-state index is 13.0. The maximum absolute atomic E-state index is 13.0. The van der Waals surface area contributed by atoms with E-state index in [-0.39, 0.29) is 5.78 Å². The molecule has 1 aliphatic rings. The van der Waals surface area contributed by atoms with E-state index in [0.717, 1.165) is 22.0 Å². The van der Waals surface area contributed by atoms with Gasteiger partial charge in [-0.15, -0.1) is 10.2 Å². The minimum atomic E-state index is -0.424. The number of fused-ring (bicyclic) bond motifs is 1. The van der Waals surface area contributed by atoms with E-state index in [1.165, 1.54) is 0 Å². The van der Waals surface area contributed by atoms with Crippen LogP contribution in [-0.4, -0.2) is 21.9 Å². The first-order valence-corrected chi connectivity index (χ1v) is 8.07. The van der Waals surface area contributed by atoms with Crippen LogP contribution in [0.2, 0.25) is 5.02 Å². The summed E-state index contributed by atoms with van der Waals surface area (Å²) in [6.07, 6.45) is 1.67. The molecule has 0 saturated carbocycles. The number of carbonyl (C=O) groups excluding carboxylic acids is 1. The molecule has 3 aromatic rings. The molecular weight excluding hydrogens is 340 g/mol. The molecule has 0 bridgehead atoms. The zero-order valence-electron chi connectivity index (χ0n) is 13.3.